The van der Waals surface area contributed by atoms with E-state index in [9.17, 15) is 18.0 Å². The number of benzene rings is 1. The van der Waals surface area contributed by atoms with Crippen LogP contribution in [0.4, 0.5) is 13.2 Å². The molecule has 1 atom stereocenters. The molecule has 1 aromatic carbocycles. The maximum atomic E-state index is 13.6. The average Bonchev–Trinajstić information content (AvgIpc) is 3.65. The van der Waals surface area contributed by atoms with Crippen molar-refractivity contribution in [3.63, 3.8) is 0 Å². The minimum absolute atomic E-state index is 0.0325. The predicted octanol–water partition coefficient (Wildman–Crippen LogP) is 4.19. The first-order valence-corrected chi connectivity index (χ1v) is 15.8. The Morgan fingerprint density at radius 1 is 1.02 bits per heavy atom. The van der Waals surface area contributed by atoms with Gasteiger partial charge in [0.1, 0.15) is 33.6 Å². The number of hydrogen-bond acceptors (Lipinski definition) is 9. The lowest BCUT2D eigenvalue weighted by Crippen LogP contribution is -2.49. The van der Waals surface area contributed by atoms with Gasteiger partial charge in [-0.3, -0.25) is 29.0 Å². The van der Waals surface area contributed by atoms with Gasteiger partial charge in [0, 0.05) is 70.5 Å². The molecule has 10 nitrogen and oxygen atoms in total. The molecule has 2 N–H and O–H groups in total. The van der Waals surface area contributed by atoms with E-state index in [2.05, 4.69) is 24.7 Å². The zero-order chi connectivity index (χ0) is 31.6. The van der Waals surface area contributed by atoms with E-state index >= 15 is 0 Å². The molecule has 2 aliphatic heterocycles. The number of carbonyl (C=O) groups excluding carboxylic acids is 1. The number of halogens is 3. The van der Waals surface area contributed by atoms with Crippen molar-refractivity contribution in [1.82, 2.24) is 29.2 Å². The normalized spacial score (nSPS) is 18.0. The van der Waals surface area contributed by atoms with Crippen LogP contribution < -0.4 is 10.5 Å². The first-order valence-electron chi connectivity index (χ1n) is 15.0. The average molecular weight is 644 g/mol. The number of primary amides is 1. The lowest BCUT2D eigenvalue weighted by molar-refractivity contribution is -0.139. The number of nitrogens with two attached hydrogens (primary N) is 1. The molecule has 14 heteroatoms. The summed E-state index contributed by atoms with van der Waals surface area (Å²) in [4.78, 5) is 28.9. The molecule has 45 heavy (non-hydrogen) atoms. The number of nitrogens with zero attached hydrogens (tertiary/aromatic N) is 6. The van der Waals surface area contributed by atoms with Crippen molar-refractivity contribution in [3.05, 3.63) is 70.6 Å². The molecule has 0 radical (unpaired) electrons. The van der Waals surface area contributed by atoms with Crippen LogP contribution in [0.5, 0.6) is 5.75 Å². The standard InChI is InChI=1S/C31H36F3N7O3S/c1-21(23-4-2-3-5-24(23)31(32,33)34)44-27-17-28(45-29(27)30(35)42)41-20-37-25-18-36-22(16-26(25)41)19-40-10-8-38(9-11-40)6-7-39-12-14-43-15-13-39/h2-5,16-18,20-21H,6-15,19H2,1H3,(H2,35,42)/t21-/m1/s1. The number of thiophene rings is 1. The summed E-state index contributed by atoms with van der Waals surface area (Å²) in [5, 5.41) is 0.601. The van der Waals surface area contributed by atoms with Crippen LogP contribution in [0.2, 0.25) is 0 Å². The monoisotopic (exact) mass is 643 g/mol. The number of amides is 1. The number of aromatic nitrogens is 3. The van der Waals surface area contributed by atoms with Gasteiger partial charge >= 0.3 is 6.18 Å². The first-order chi connectivity index (χ1) is 21.7. The summed E-state index contributed by atoms with van der Waals surface area (Å²) >= 11 is 1.10. The molecular weight excluding hydrogens is 607 g/mol. The largest absolute Gasteiger partial charge is 0.484 e. The van der Waals surface area contributed by atoms with Crippen LogP contribution in [-0.4, -0.2) is 101 Å². The van der Waals surface area contributed by atoms with Crippen molar-refractivity contribution in [2.75, 3.05) is 65.6 Å². The molecule has 4 aromatic rings. The van der Waals surface area contributed by atoms with Gasteiger partial charge in [-0.15, -0.1) is 11.3 Å². The molecule has 0 unspecified atom stereocenters. The van der Waals surface area contributed by atoms with Crippen molar-refractivity contribution in [1.29, 1.82) is 0 Å². The maximum Gasteiger partial charge on any atom is 0.416 e. The second-order valence-corrected chi connectivity index (χ2v) is 12.4. The first kappa shape index (κ1) is 31.4. The molecule has 1 amide bonds. The number of piperazine rings is 1. The number of fused-ring (bicyclic) bond motifs is 1. The molecule has 2 fully saturated rings. The highest BCUT2D eigenvalue weighted by atomic mass is 32.1. The van der Waals surface area contributed by atoms with E-state index in [-0.39, 0.29) is 16.2 Å². The van der Waals surface area contributed by atoms with E-state index in [1.54, 1.807) is 18.6 Å². The molecule has 2 aliphatic rings. The van der Waals surface area contributed by atoms with E-state index in [4.69, 9.17) is 15.2 Å². The predicted molar refractivity (Wildman–Crippen MR) is 165 cm³/mol. The molecule has 0 spiro atoms. The van der Waals surface area contributed by atoms with Gasteiger partial charge in [-0.2, -0.15) is 13.2 Å². The van der Waals surface area contributed by atoms with E-state index in [0.29, 0.717) is 17.1 Å². The third-order valence-electron chi connectivity index (χ3n) is 8.33. The van der Waals surface area contributed by atoms with Gasteiger partial charge in [-0.25, -0.2) is 4.98 Å². The Kier molecular flexibility index (Phi) is 9.38. The highest BCUT2D eigenvalue weighted by Gasteiger charge is 2.35. The zero-order valence-corrected chi connectivity index (χ0v) is 25.8. The molecule has 0 bridgehead atoms. The summed E-state index contributed by atoms with van der Waals surface area (Å²) in [6, 6.07) is 8.84. The van der Waals surface area contributed by atoms with E-state index < -0.39 is 23.8 Å². The van der Waals surface area contributed by atoms with Crippen molar-refractivity contribution < 1.29 is 27.4 Å². The Hall–Kier alpha value is -3.56. The van der Waals surface area contributed by atoms with Gasteiger partial charge < -0.3 is 15.2 Å². The summed E-state index contributed by atoms with van der Waals surface area (Å²) in [5.74, 6) is -0.608. The van der Waals surface area contributed by atoms with Crippen molar-refractivity contribution in [2.45, 2.75) is 25.7 Å². The number of alkyl halides is 3. The number of hydrogen-bond donors (Lipinski definition) is 1. The van der Waals surface area contributed by atoms with E-state index in [1.165, 1.54) is 25.1 Å². The Balaban J connectivity index is 1.15. The number of pyridine rings is 1. The fraction of sp³-hybridized carbons (Fsp3) is 0.452. The summed E-state index contributed by atoms with van der Waals surface area (Å²) in [7, 11) is 0. The fourth-order valence-corrected chi connectivity index (χ4v) is 6.75. The molecule has 0 saturated carbocycles. The quantitative estimate of drug-likeness (QED) is 0.275. The van der Waals surface area contributed by atoms with Gasteiger partial charge in [0.15, 0.2) is 0 Å². The smallest absolute Gasteiger partial charge is 0.416 e. The molecule has 240 valence electrons. The number of morpholine rings is 1. The van der Waals surface area contributed by atoms with Gasteiger partial charge in [0.05, 0.1) is 36.2 Å². The number of imidazole rings is 1. The van der Waals surface area contributed by atoms with Crippen molar-refractivity contribution in [2.24, 2.45) is 5.73 Å². The lowest BCUT2D eigenvalue weighted by Gasteiger charge is -2.36. The van der Waals surface area contributed by atoms with Crippen LogP contribution in [0.1, 0.15) is 39.5 Å². The number of carbonyl (C=O) groups is 1. The molecule has 3 aromatic heterocycles. The summed E-state index contributed by atoms with van der Waals surface area (Å²) in [6.07, 6.45) is -2.17. The highest BCUT2D eigenvalue weighted by molar-refractivity contribution is 7.16. The second kappa shape index (κ2) is 13.4. The van der Waals surface area contributed by atoms with Gasteiger partial charge in [0.2, 0.25) is 0 Å². The van der Waals surface area contributed by atoms with Crippen molar-refractivity contribution >= 4 is 28.3 Å². The fourth-order valence-electron chi connectivity index (χ4n) is 5.83. The molecule has 2 saturated heterocycles. The number of ether oxygens (including phenoxy) is 2. The second-order valence-electron chi connectivity index (χ2n) is 11.3. The Bertz CT molecular complexity index is 1630. The van der Waals surface area contributed by atoms with Crippen LogP contribution in [0.15, 0.2) is 48.9 Å². The van der Waals surface area contributed by atoms with Gasteiger partial charge in [-0.05, 0) is 19.1 Å². The van der Waals surface area contributed by atoms with E-state index in [1.807, 2.05) is 10.6 Å². The SMILES string of the molecule is C[C@@H](Oc1cc(-n2cnc3cnc(CN4CCN(CCN5CCOCC5)CC4)cc32)sc1C(N)=O)c1ccccc1C(F)(F)F. The van der Waals surface area contributed by atoms with Crippen LogP contribution in [0, 0.1) is 0 Å². The van der Waals surface area contributed by atoms with E-state index in [0.717, 1.165) is 94.2 Å². The summed E-state index contributed by atoms with van der Waals surface area (Å²) < 4.78 is 54.1. The van der Waals surface area contributed by atoms with Crippen molar-refractivity contribution in [3.8, 4) is 10.8 Å². The summed E-state index contributed by atoms with van der Waals surface area (Å²) in [6.45, 7) is 11.9. The van der Waals surface area contributed by atoms with Crippen LogP contribution in [0.3, 0.4) is 0 Å². The Morgan fingerprint density at radius 3 is 2.42 bits per heavy atom. The minimum Gasteiger partial charge on any atom is -0.484 e. The Morgan fingerprint density at radius 2 is 1.71 bits per heavy atom. The number of rotatable bonds is 10. The molecule has 6 rings (SSSR count). The summed E-state index contributed by atoms with van der Waals surface area (Å²) in [5.41, 5.74) is 7.21. The molecule has 0 aliphatic carbocycles. The van der Waals surface area contributed by atoms with Crippen LogP contribution >= 0.6 is 11.3 Å². The topological polar surface area (TPSA) is 102 Å². The third-order valence-corrected chi connectivity index (χ3v) is 9.46. The van der Waals surface area contributed by atoms with Gasteiger partial charge in [0.25, 0.3) is 5.91 Å². The molecule has 5 heterocycles. The minimum atomic E-state index is -4.54. The zero-order valence-electron chi connectivity index (χ0n) is 25.0. The maximum absolute atomic E-state index is 13.6. The Labute approximate surface area is 263 Å². The third kappa shape index (κ3) is 7.31. The van der Waals surface area contributed by atoms with Gasteiger partial charge in [-0.1, -0.05) is 18.2 Å². The van der Waals surface area contributed by atoms with Crippen LogP contribution in [-0.2, 0) is 17.5 Å². The lowest BCUT2D eigenvalue weighted by atomic mass is 10.0. The van der Waals surface area contributed by atoms with Crippen LogP contribution in [0.25, 0.3) is 16.0 Å². The molecular formula is C31H36F3N7O3S. The highest BCUT2D eigenvalue weighted by Crippen LogP contribution is 2.39.